The maximum absolute atomic E-state index is 11.3. The number of fused-ring (bicyclic) bond motifs is 1. The van der Waals surface area contributed by atoms with Crippen molar-refractivity contribution in [3.05, 3.63) is 64.4 Å². The maximum atomic E-state index is 11.3. The number of halogens is 1. The number of hydrogen-bond acceptors (Lipinski definition) is 2. The molecule has 1 heterocycles. The summed E-state index contributed by atoms with van der Waals surface area (Å²) in [5, 5.41) is 9.97. The van der Waals surface area contributed by atoms with Crippen LogP contribution in [0.15, 0.2) is 42.5 Å². The van der Waals surface area contributed by atoms with Crippen LogP contribution >= 0.6 is 11.6 Å². The first-order chi connectivity index (χ1) is 11.6. The fraction of sp³-hybridized carbons (Fsp3) is 0.263. The topological polar surface area (TPSA) is 55.1 Å². The molecule has 0 aliphatic rings. The Balaban J connectivity index is 2.11. The third-order valence-corrected chi connectivity index (χ3v) is 4.48. The zero-order valence-electron chi connectivity index (χ0n) is 13.5. The van der Waals surface area contributed by atoms with Gasteiger partial charge in [0.15, 0.2) is 0 Å². The predicted octanol–water partition coefficient (Wildman–Crippen LogP) is 4.78. The van der Waals surface area contributed by atoms with Crippen molar-refractivity contribution in [3.8, 4) is 0 Å². The van der Waals surface area contributed by atoms with Crippen molar-refractivity contribution in [3.63, 3.8) is 0 Å². The minimum Gasteiger partial charge on any atom is -0.478 e. The Morgan fingerprint density at radius 2 is 2.04 bits per heavy atom. The highest BCUT2D eigenvalue weighted by atomic mass is 35.5. The minimum absolute atomic E-state index is 0.268. The van der Waals surface area contributed by atoms with Gasteiger partial charge in [-0.1, -0.05) is 43.1 Å². The van der Waals surface area contributed by atoms with Gasteiger partial charge in [0.25, 0.3) is 0 Å². The van der Waals surface area contributed by atoms with E-state index in [1.165, 1.54) is 0 Å². The van der Waals surface area contributed by atoms with Gasteiger partial charge >= 0.3 is 5.97 Å². The van der Waals surface area contributed by atoms with E-state index in [9.17, 15) is 9.90 Å². The van der Waals surface area contributed by atoms with E-state index in [0.717, 1.165) is 41.7 Å². The number of nitrogens with zero attached hydrogens (tertiary/aromatic N) is 2. The van der Waals surface area contributed by atoms with Crippen molar-refractivity contribution in [2.75, 3.05) is 0 Å². The van der Waals surface area contributed by atoms with Crippen molar-refractivity contribution >= 4 is 28.6 Å². The molecule has 0 bridgehead atoms. The van der Waals surface area contributed by atoms with E-state index in [0.29, 0.717) is 11.6 Å². The third-order valence-electron chi connectivity index (χ3n) is 4.11. The van der Waals surface area contributed by atoms with E-state index in [1.54, 1.807) is 18.2 Å². The van der Waals surface area contributed by atoms with Crippen molar-refractivity contribution in [1.82, 2.24) is 9.55 Å². The lowest BCUT2D eigenvalue weighted by molar-refractivity contribution is 0.0697. The van der Waals surface area contributed by atoms with Crippen molar-refractivity contribution < 1.29 is 9.90 Å². The number of imidazole rings is 1. The molecule has 24 heavy (non-hydrogen) atoms. The van der Waals surface area contributed by atoms with Gasteiger partial charge in [0.05, 0.1) is 23.1 Å². The second-order valence-corrected chi connectivity index (χ2v) is 6.22. The Kier molecular flexibility index (Phi) is 4.86. The quantitative estimate of drug-likeness (QED) is 0.701. The zero-order valence-corrected chi connectivity index (χ0v) is 14.3. The number of carbonyl (C=O) groups is 1. The second kappa shape index (κ2) is 7.05. The molecule has 1 aromatic heterocycles. The van der Waals surface area contributed by atoms with Crippen molar-refractivity contribution in [2.24, 2.45) is 0 Å². The van der Waals surface area contributed by atoms with Gasteiger partial charge in [0, 0.05) is 11.4 Å². The molecule has 3 aromatic rings. The number of carboxylic acid groups (broad SMARTS) is 1. The number of aromatic carboxylic acids is 1. The standard InChI is InChI=1S/C19H19ClN2O2/c1-2-3-8-18-21-16-10-9-13(19(23)24)11-17(16)22(18)12-14-6-4-5-7-15(14)20/h4-7,9-11H,2-3,8,12H2,1H3,(H,23,24). The summed E-state index contributed by atoms with van der Waals surface area (Å²) in [6.45, 7) is 2.72. The normalized spacial score (nSPS) is 11.1. The van der Waals surface area contributed by atoms with Crippen molar-refractivity contribution in [1.29, 1.82) is 0 Å². The van der Waals surface area contributed by atoms with E-state index in [4.69, 9.17) is 16.6 Å². The zero-order chi connectivity index (χ0) is 17.1. The first kappa shape index (κ1) is 16.5. The summed E-state index contributed by atoms with van der Waals surface area (Å²) in [4.78, 5) is 16.0. The average Bonchev–Trinajstić information content (AvgIpc) is 2.92. The van der Waals surface area contributed by atoms with Crippen LogP contribution in [0.1, 0.15) is 41.5 Å². The number of benzene rings is 2. The fourth-order valence-electron chi connectivity index (χ4n) is 2.80. The molecule has 1 N–H and O–H groups in total. The summed E-state index contributed by atoms with van der Waals surface area (Å²) in [5.41, 5.74) is 2.92. The number of hydrogen-bond donors (Lipinski definition) is 1. The smallest absolute Gasteiger partial charge is 0.335 e. The van der Waals surface area contributed by atoms with E-state index in [1.807, 2.05) is 24.3 Å². The molecule has 0 saturated heterocycles. The van der Waals surface area contributed by atoms with Gasteiger partial charge in [-0.05, 0) is 36.2 Å². The van der Waals surface area contributed by atoms with E-state index >= 15 is 0 Å². The van der Waals surface area contributed by atoms with Crippen LogP contribution in [0, 0.1) is 0 Å². The van der Waals surface area contributed by atoms with Crippen LogP contribution in [0.2, 0.25) is 5.02 Å². The van der Waals surface area contributed by atoms with Gasteiger partial charge in [-0.3, -0.25) is 0 Å². The van der Waals surface area contributed by atoms with Gasteiger partial charge in [-0.2, -0.15) is 0 Å². The molecule has 0 unspecified atom stereocenters. The molecule has 0 atom stereocenters. The molecule has 5 heteroatoms. The Morgan fingerprint density at radius 3 is 2.75 bits per heavy atom. The van der Waals surface area contributed by atoms with Gasteiger partial charge in [-0.15, -0.1) is 0 Å². The molecule has 0 spiro atoms. The van der Waals surface area contributed by atoms with Crippen LogP contribution < -0.4 is 0 Å². The minimum atomic E-state index is -0.933. The highest BCUT2D eigenvalue weighted by Gasteiger charge is 2.14. The molecule has 124 valence electrons. The number of unbranched alkanes of at least 4 members (excludes halogenated alkanes) is 1. The molecule has 2 aromatic carbocycles. The lowest BCUT2D eigenvalue weighted by atomic mass is 10.2. The number of rotatable bonds is 6. The fourth-order valence-corrected chi connectivity index (χ4v) is 3.00. The van der Waals surface area contributed by atoms with E-state index < -0.39 is 5.97 Å². The van der Waals surface area contributed by atoms with E-state index in [2.05, 4.69) is 11.5 Å². The maximum Gasteiger partial charge on any atom is 0.335 e. The highest BCUT2D eigenvalue weighted by Crippen LogP contribution is 2.23. The van der Waals surface area contributed by atoms with Gasteiger partial charge in [-0.25, -0.2) is 9.78 Å². The van der Waals surface area contributed by atoms with E-state index in [-0.39, 0.29) is 5.56 Å². The molecular weight excluding hydrogens is 324 g/mol. The SMILES string of the molecule is CCCCc1nc2ccc(C(=O)O)cc2n1Cc1ccccc1Cl. The van der Waals surface area contributed by atoms with Crippen LogP contribution in [-0.4, -0.2) is 20.6 Å². The molecule has 0 fully saturated rings. The third kappa shape index (κ3) is 3.29. The Labute approximate surface area is 145 Å². The van der Waals surface area contributed by atoms with Crippen molar-refractivity contribution in [2.45, 2.75) is 32.7 Å². The molecule has 0 aliphatic heterocycles. The summed E-state index contributed by atoms with van der Waals surface area (Å²) < 4.78 is 2.08. The van der Waals surface area contributed by atoms with Crippen LogP contribution in [0.4, 0.5) is 0 Å². The summed E-state index contributed by atoms with van der Waals surface area (Å²) in [6, 6.07) is 12.8. The monoisotopic (exact) mass is 342 g/mol. The van der Waals surface area contributed by atoms with Gasteiger partial charge < -0.3 is 9.67 Å². The van der Waals surface area contributed by atoms with Crippen LogP contribution in [0.5, 0.6) is 0 Å². The molecule has 0 radical (unpaired) electrons. The lowest BCUT2D eigenvalue weighted by Gasteiger charge is -2.11. The lowest BCUT2D eigenvalue weighted by Crippen LogP contribution is -2.06. The summed E-state index contributed by atoms with van der Waals surface area (Å²) in [5.74, 6) is 0.0341. The van der Waals surface area contributed by atoms with Gasteiger partial charge in [0.2, 0.25) is 0 Å². The number of carboxylic acids is 1. The molecule has 0 aliphatic carbocycles. The molecular formula is C19H19ClN2O2. The molecule has 4 nitrogen and oxygen atoms in total. The number of aromatic nitrogens is 2. The predicted molar refractivity (Wildman–Crippen MR) is 95.9 cm³/mol. The Bertz CT molecular complexity index is 886. The van der Waals surface area contributed by atoms with Gasteiger partial charge in [0.1, 0.15) is 5.82 Å². The average molecular weight is 343 g/mol. The molecule has 0 saturated carbocycles. The van der Waals surface area contributed by atoms with Crippen LogP contribution in [0.25, 0.3) is 11.0 Å². The summed E-state index contributed by atoms with van der Waals surface area (Å²) >= 11 is 6.30. The first-order valence-corrected chi connectivity index (χ1v) is 8.43. The molecule has 0 amide bonds. The van der Waals surface area contributed by atoms with Crippen LogP contribution in [0.3, 0.4) is 0 Å². The molecule has 3 rings (SSSR count). The largest absolute Gasteiger partial charge is 0.478 e. The summed E-state index contributed by atoms with van der Waals surface area (Å²) in [6.07, 6.45) is 2.98. The van der Waals surface area contributed by atoms with Crippen LogP contribution in [-0.2, 0) is 13.0 Å². The number of aryl methyl sites for hydroxylation is 1. The Morgan fingerprint density at radius 1 is 1.25 bits per heavy atom. The summed E-state index contributed by atoms with van der Waals surface area (Å²) in [7, 11) is 0. The highest BCUT2D eigenvalue weighted by molar-refractivity contribution is 6.31. The Hall–Kier alpha value is -2.33. The first-order valence-electron chi connectivity index (χ1n) is 8.06. The second-order valence-electron chi connectivity index (χ2n) is 5.82.